The third-order valence-corrected chi connectivity index (χ3v) is 4.26. The molecule has 1 aliphatic heterocycles. The van der Waals surface area contributed by atoms with Crippen LogP contribution in [0.15, 0.2) is 18.3 Å². The Morgan fingerprint density at radius 2 is 2.20 bits per heavy atom. The molecule has 25 heavy (non-hydrogen) atoms. The van der Waals surface area contributed by atoms with Gasteiger partial charge in [0.25, 0.3) is 0 Å². The number of aryl methyl sites for hydroxylation is 2. The van der Waals surface area contributed by atoms with Gasteiger partial charge in [-0.3, -0.25) is 4.98 Å². The summed E-state index contributed by atoms with van der Waals surface area (Å²) in [4.78, 5) is 16.3. The highest BCUT2D eigenvalue weighted by atomic mass is 16.6. The number of hydrogen-bond acceptors (Lipinski definition) is 6. The Balaban J connectivity index is 1.78. The Morgan fingerprint density at radius 1 is 1.44 bits per heavy atom. The predicted molar refractivity (Wildman–Crippen MR) is 91.6 cm³/mol. The number of carbonyl (C=O) groups excluding carboxylic acids is 1. The molecule has 1 saturated heterocycles. The topological polar surface area (TPSA) is 78.8 Å². The maximum Gasteiger partial charge on any atom is 0.337 e. The second-order valence-corrected chi connectivity index (χ2v) is 6.55. The van der Waals surface area contributed by atoms with Crippen molar-refractivity contribution in [2.75, 3.05) is 20.3 Å². The van der Waals surface area contributed by atoms with Crippen LogP contribution in [0.2, 0.25) is 0 Å². The summed E-state index contributed by atoms with van der Waals surface area (Å²) in [6.45, 7) is 5.34. The van der Waals surface area contributed by atoms with E-state index in [1.807, 2.05) is 14.0 Å². The Morgan fingerprint density at radius 3 is 2.88 bits per heavy atom. The van der Waals surface area contributed by atoms with E-state index < -0.39 is 5.97 Å². The number of epoxide rings is 1. The van der Waals surface area contributed by atoms with Crippen LogP contribution in [0.25, 0.3) is 11.3 Å². The van der Waals surface area contributed by atoms with Crippen molar-refractivity contribution in [2.24, 2.45) is 7.05 Å². The van der Waals surface area contributed by atoms with Crippen molar-refractivity contribution in [2.45, 2.75) is 32.3 Å². The normalized spacial score (nSPS) is 18.9. The van der Waals surface area contributed by atoms with Crippen LogP contribution in [-0.4, -0.2) is 46.7 Å². The van der Waals surface area contributed by atoms with Gasteiger partial charge in [-0.2, -0.15) is 5.10 Å². The highest BCUT2D eigenvalue weighted by Gasteiger charge is 2.38. The minimum atomic E-state index is -0.393. The number of hydrogen-bond donors (Lipinski definition) is 0. The Labute approximate surface area is 146 Å². The van der Waals surface area contributed by atoms with E-state index in [-0.39, 0.29) is 5.60 Å². The van der Waals surface area contributed by atoms with Gasteiger partial charge in [-0.25, -0.2) is 9.48 Å². The number of rotatable bonds is 7. The van der Waals surface area contributed by atoms with Gasteiger partial charge in [-0.1, -0.05) is 0 Å². The third-order valence-electron chi connectivity index (χ3n) is 4.26. The molecule has 0 spiro atoms. The molecule has 1 unspecified atom stereocenters. The molecule has 0 radical (unpaired) electrons. The first-order valence-corrected chi connectivity index (χ1v) is 8.28. The summed E-state index contributed by atoms with van der Waals surface area (Å²) in [6.07, 6.45) is 3.56. The number of methoxy groups -OCH3 is 1. The first-order valence-electron chi connectivity index (χ1n) is 8.28. The monoisotopic (exact) mass is 345 g/mol. The van der Waals surface area contributed by atoms with Crippen molar-refractivity contribution in [3.8, 4) is 17.1 Å². The van der Waals surface area contributed by atoms with E-state index in [2.05, 4.69) is 17.0 Å². The molecular weight excluding hydrogens is 322 g/mol. The zero-order chi connectivity index (χ0) is 18.0. The Bertz CT molecular complexity index is 781. The highest BCUT2D eigenvalue weighted by Crippen LogP contribution is 2.32. The van der Waals surface area contributed by atoms with E-state index in [1.54, 1.807) is 23.0 Å². The standard InChI is InChI=1S/C18H23N3O4/c1-12-8-13(17(22)23-4)9-15(20-12)14-10-19-21(3)16(14)24-7-5-6-18(2)11-25-18/h8-10H,5-7,11H2,1-4H3. The molecule has 7 nitrogen and oxygen atoms in total. The minimum absolute atomic E-state index is 0.0339. The lowest BCUT2D eigenvalue weighted by Crippen LogP contribution is -2.09. The van der Waals surface area contributed by atoms with Gasteiger partial charge in [0, 0.05) is 12.7 Å². The van der Waals surface area contributed by atoms with Crippen molar-refractivity contribution >= 4 is 5.97 Å². The largest absolute Gasteiger partial charge is 0.477 e. The van der Waals surface area contributed by atoms with Crippen molar-refractivity contribution in [1.29, 1.82) is 0 Å². The maximum atomic E-state index is 11.8. The predicted octanol–water partition coefficient (Wildman–Crippen LogP) is 2.53. The lowest BCUT2D eigenvalue weighted by Gasteiger charge is -2.11. The molecule has 3 heterocycles. The molecule has 0 bridgehead atoms. The van der Waals surface area contributed by atoms with Crippen LogP contribution in [-0.2, 0) is 16.5 Å². The highest BCUT2D eigenvalue weighted by molar-refractivity contribution is 5.90. The van der Waals surface area contributed by atoms with Gasteiger partial charge in [0.05, 0.1) is 48.9 Å². The minimum Gasteiger partial charge on any atom is -0.477 e. The van der Waals surface area contributed by atoms with Crippen LogP contribution in [0, 0.1) is 6.92 Å². The smallest absolute Gasteiger partial charge is 0.337 e. The lowest BCUT2D eigenvalue weighted by atomic mass is 10.1. The van der Waals surface area contributed by atoms with Crippen LogP contribution in [0.1, 0.15) is 35.8 Å². The van der Waals surface area contributed by atoms with E-state index in [4.69, 9.17) is 14.2 Å². The van der Waals surface area contributed by atoms with Gasteiger partial charge in [-0.05, 0) is 38.8 Å². The zero-order valence-corrected chi connectivity index (χ0v) is 15.0. The summed E-state index contributed by atoms with van der Waals surface area (Å²) in [6, 6.07) is 3.39. The Kier molecular flexibility index (Phi) is 4.76. The van der Waals surface area contributed by atoms with Crippen LogP contribution in [0.5, 0.6) is 5.88 Å². The van der Waals surface area contributed by atoms with Gasteiger partial charge in [0.2, 0.25) is 5.88 Å². The maximum absolute atomic E-state index is 11.8. The van der Waals surface area contributed by atoms with Crippen molar-refractivity contribution in [3.63, 3.8) is 0 Å². The number of aromatic nitrogens is 3. The van der Waals surface area contributed by atoms with E-state index in [9.17, 15) is 4.79 Å². The van der Waals surface area contributed by atoms with E-state index in [1.165, 1.54) is 7.11 Å². The van der Waals surface area contributed by atoms with E-state index >= 15 is 0 Å². The van der Waals surface area contributed by atoms with E-state index in [0.717, 1.165) is 30.7 Å². The number of pyridine rings is 1. The molecule has 0 amide bonds. The molecule has 1 atom stereocenters. The third kappa shape index (κ3) is 3.99. The fourth-order valence-electron chi connectivity index (χ4n) is 2.70. The second-order valence-electron chi connectivity index (χ2n) is 6.55. The first-order chi connectivity index (χ1) is 11.9. The quantitative estimate of drug-likeness (QED) is 0.436. The van der Waals surface area contributed by atoms with Gasteiger partial charge in [0.1, 0.15) is 0 Å². The average molecular weight is 345 g/mol. The summed E-state index contributed by atoms with van der Waals surface area (Å²) in [5.74, 6) is 0.242. The number of ether oxygens (including phenoxy) is 3. The number of carbonyl (C=O) groups is 1. The van der Waals surface area contributed by atoms with Crippen LogP contribution in [0.4, 0.5) is 0 Å². The molecule has 0 saturated carbocycles. The van der Waals surface area contributed by atoms with E-state index in [0.29, 0.717) is 23.7 Å². The summed E-state index contributed by atoms with van der Waals surface area (Å²) in [5.41, 5.74) is 2.61. The number of nitrogens with zero attached hydrogens (tertiary/aromatic N) is 3. The van der Waals surface area contributed by atoms with Crippen LogP contribution in [0.3, 0.4) is 0 Å². The van der Waals surface area contributed by atoms with Crippen LogP contribution >= 0.6 is 0 Å². The van der Waals surface area contributed by atoms with Crippen molar-refractivity contribution in [1.82, 2.24) is 14.8 Å². The summed E-state index contributed by atoms with van der Waals surface area (Å²) >= 11 is 0. The summed E-state index contributed by atoms with van der Waals surface area (Å²) < 4.78 is 17.8. The molecule has 0 N–H and O–H groups in total. The fraction of sp³-hybridized carbons (Fsp3) is 0.500. The van der Waals surface area contributed by atoms with Gasteiger partial charge in [0.15, 0.2) is 0 Å². The van der Waals surface area contributed by atoms with Gasteiger partial charge < -0.3 is 14.2 Å². The lowest BCUT2D eigenvalue weighted by molar-refractivity contribution is 0.0600. The molecule has 3 rings (SSSR count). The number of esters is 1. The summed E-state index contributed by atoms with van der Waals surface area (Å²) in [5, 5.41) is 4.27. The van der Waals surface area contributed by atoms with Crippen LogP contribution < -0.4 is 4.74 Å². The average Bonchev–Trinajstić information content (AvgIpc) is 3.21. The molecule has 1 aliphatic rings. The molecule has 2 aromatic heterocycles. The molecule has 7 heteroatoms. The first kappa shape index (κ1) is 17.4. The van der Waals surface area contributed by atoms with Gasteiger partial charge in [-0.15, -0.1) is 0 Å². The second kappa shape index (κ2) is 6.84. The molecule has 0 aliphatic carbocycles. The van der Waals surface area contributed by atoms with Crippen molar-refractivity contribution in [3.05, 3.63) is 29.6 Å². The molecule has 134 valence electrons. The van der Waals surface area contributed by atoms with Gasteiger partial charge >= 0.3 is 5.97 Å². The molecule has 2 aromatic rings. The Hall–Kier alpha value is -2.41. The fourth-order valence-corrected chi connectivity index (χ4v) is 2.70. The zero-order valence-electron chi connectivity index (χ0n) is 15.0. The molecule has 0 aromatic carbocycles. The SMILES string of the molecule is COC(=O)c1cc(C)nc(-c2cnn(C)c2OCCCC2(C)CO2)c1. The molecular formula is C18H23N3O4. The molecule has 1 fully saturated rings. The summed E-state index contributed by atoms with van der Waals surface area (Å²) in [7, 11) is 3.18. The van der Waals surface area contributed by atoms with Crippen molar-refractivity contribution < 1.29 is 19.0 Å².